The molecule has 1 aromatic heterocycles. The Bertz CT molecular complexity index is 2530. The molecular weight excluding hydrogens is 1140 g/mol. The fraction of sp³-hybridized carbons (Fsp3) is 0.604. The number of nitrogens with one attached hydrogen (secondary N) is 11. The lowest BCUT2D eigenvalue weighted by Gasteiger charge is -2.28. The predicted molar refractivity (Wildman–Crippen MR) is 317 cm³/mol. The molecule has 11 atom stereocenters. The number of aromatic amines is 1. The Balaban J connectivity index is 2.35. The molecule has 1 aromatic carbocycles. The van der Waals surface area contributed by atoms with Gasteiger partial charge < -0.3 is 74.7 Å². The van der Waals surface area contributed by atoms with Crippen LogP contribution in [0.3, 0.4) is 0 Å². The number of aromatic nitrogens is 2. The molecule has 11 amide bonds. The van der Waals surface area contributed by atoms with Crippen molar-refractivity contribution in [3.8, 4) is 0 Å². The van der Waals surface area contributed by atoms with E-state index in [0.717, 1.165) is 0 Å². The van der Waals surface area contributed by atoms with E-state index in [1.54, 1.807) is 85.7 Å². The Labute approximate surface area is 499 Å². The van der Waals surface area contributed by atoms with E-state index >= 15 is 0 Å². The number of aliphatic carboxylic acids is 1. The average molecular weight is 1220 g/mol. The molecule has 0 aliphatic rings. The molecule has 0 saturated carbocycles. The van der Waals surface area contributed by atoms with Crippen molar-refractivity contribution >= 4 is 109 Å². The maximum atomic E-state index is 14.4. The molecule has 462 valence electrons. The van der Waals surface area contributed by atoms with Crippen LogP contribution in [0.1, 0.15) is 92.8 Å². The van der Waals surface area contributed by atoms with Crippen LogP contribution >= 0.6 is 37.9 Å². The molecule has 0 spiro atoms. The molecule has 2 aromatic rings. The highest BCUT2D eigenvalue weighted by molar-refractivity contribution is 7.80. The Hall–Kier alpha value is -6.92. The van der Waals surface area contributed by atoms with Gasteiger partial charge in [-0.3, -0.25) is 52.7 Å². The van der Waals surface area contributed by atoms with E-state index in [-0.39, 0.29) is 60.7 Å². The van der Waals surface area contributed by atoms with Crippen LogP contribution in [-0.2, 0) is 70.4 Å². The summed E-state index contributed by atoms with van der Waals surface area (Å²) in [6, 6.07) is -6.17. The number of nitrogens with zero attached hydrogens (tertiary/aromatic N) is 1. The van der Waals surface area contributed by atoms with E-state index in [2.05, 4.69) is 101 Å². The van der Waals surface area contributed by atoms with Gasteiger partial charge in [0.1, 0.15) is 60.4 Å². The third-order valence-electron chi connectivity index (χ3n) is 12.7. The number of hydrogen-bond acceptors (Lipinski definition) is 17. The van der Waals surface area contributed by atoms with E-state index in [9.17, 15) is 62.6 Å². The van der Waals surface area contributed by atoms with Gasteiger partial charge >= 0.3 is 5.97 Å². The van der Waals surface area contributed by atoms with Crippen LogP contribution in [-0.4, -0.2) is 170 Å². The van der Waals surface area contributed by atoms with Crippen molar-refractivity contribution in [3.63, 3.8) is 0 Å². The number of carbonyl (C=O) groups is 12. The Morgan fingerprint density at radius 2 is 0.880 bits per heavy atom. The van der Waals surface area contributed by atoms with Crippen molar-refractivity contribution in [3.05, 3.63) is 54.1 Å². The SMILES string of the molecule is CC(C)C[C@H](NC(=O)[C@H](Cc1cnc[nH]1)NC(=O)[C@H](CC(C)C)NC(=O)[C@H](CS)NC(=O)[C@H](CS)NC(=O)[C@H](CS)NC(=O)[C@@H](N)C(C)C)C(=O)N[C@@H](CC(N)=O)C(=O)N[C@@H](C)C(=O)N[C@@H](Cc1ccccc1)C(=O)N[C@H](C(=O)O)C(C)C. The second-order valence-corrected chi connectivity index (χ2v) is 22.6. The fourth-order valence-corrected chi connectivity index (χ4v) is 8.70. The minimum Gasteiger partial charge on any atom is -0.480 e. The molecule has 83 heavy (non-hydrogen) atoms. The number of thiol groups is 3. The van der Waals surface area contributed by atoms with Gasteiger partial charge in [0.25, 0.3) is 0 Å². The monoisotopic (exact) mass is 1220 g/mol. The molecule has 0 saturated heterocycles. The molecule has 2 rings (SSSR count). The van der Waals surface area contributed by atoms with E-state index in [4.69, 9.17) is 11.5 Å². The number of carboxylic acids is 1. The Morgan fingerprint density at radius 1 is 0.494 bits per heavy atom. The zero-order valence-electron chi connectivity index (χ0n) is 48.1. The standard InChI is InChI=1S/C53H84N14O13S3/c1-25(2)15-32(46(72)63-36(19-40(54)68)44(70)58-29(9)43(69)59-34(17-30-13-11-10-12-14-30)48(74)67-42(28(7)8)53(79)80)60-47(73)35(18-31-20-56-24-57-31)62-45(71)33(16-26(3)4)61-49(75)37(21-81)64-50(76)38(22-82)65-51(77)39(23-83)66-52(78)41(55)27(5)6/h10-14,20,24-29,32-39,41-42,81-83H,15-19,21-23,55H2,1-9H3,(H2,54,68)(H,56,57)(H,58,70)(H,59,69)(H,60,73)(H,61,75)(H,62,71)(H,63,72)(H,64,76)(H,65,77)(H,66,78)(H,67,74)(H,79,80)/t29-,32-,33-,34-,35-,36-,37-,38-,39-,41-,42-/m0/s1. The maximum absolute atomic E-state index is 14.4. The van der Waals surface area contributed by atoms with Crippen molar-refractivity contribution in [1.29, 1.82) is 0 Å². The number of nitrogens with two attached hydrogens (primary N) is 2. The van der Waals surface area contributed by atoms with Gasteiger partial charge in [-0.25, -0.2) is 9.78 Å². The summed E-state index contributed by atoms with van der Waals surface area (Å²) in [6.07, 6.45) is 1.65. The number of amides is 11. The molecule has 0 radical (unpaired) electrons. The zero-order chi connectivity index (χ0) is 62.8. The quantitative estimate of drug-likeness (QED) is 0.0315. The summed E-state index contributed by atoms with van der Waals surface area (Å²) in [5, 5.41) is 35.0. The average Bonchev–Trinajstić information content (AvgIpc) is 3.96. The highest BCUT2D eigenvalue weighted by Gasteiger charge is 2.37. The van der Waals surface area contributed by atoms with Crippen LogP contribution in [0.4, 0.5) is 0 Å². The largest absolute Gasteiger partial charge is 0.480 e. The molecular formula is C53H84N14O13S3. The maximum Gasteiger partial charge on any atom is 0.326 e. The van der Waals surface area contributed by atoms with Crippen molar-refractivity contribution in [1.82, 2.24) is 63.1 Å². The van der Waals surface area contributed by atoms with Crippen LogP contribution in [0.25, 0.3) is 0 Å². The number of imidazole rings is 1. The zero-order valence-corrected chi connectivity index (χ0v) is 50.8. The highest BCUT2D eigenvalue weighted by atomic mass is 32.1. The van der Waals surface area contributed by atoms with E-state index in [0.29, 0.717) is 11.3 Å². The lowest BCUT2D eigenvalue weighted by molar-refractivity contribution is -0.143. The van der Waals surface area contributed by atoms with Crippen molar-refractivity contribution in [2.24, 2.45) is 35.1 Å². The first-order chi connectivity index (χ1) is 38.9. The second-order valence-electron chi connectivity index (χ2n) is 21.5. The molecule has 0 fully saturated rings. The number of carboxylic acid groups (broad SMARTS) is 1. The number of benzene rings is 1. The van der Waals surface area contributed by atoms with Gasteiger partial charge in [0.15, 0.2) is 0 Å². The summed E-state index contributed by atoms with van der Waals surface area (Å²) in [4.78, 5) is 168. The molecule has 0 unspecified atom stereocenters. The summed E-state index contributed by atoms with van der Waals surface area (Å²) in [7, 11) is 0. The summed E-state index contributed by atoms with van der Waals surface area (Å²) < 4.78 is 0. The fourth-order valence-electron chi connectivity index (χ4n) is 7.93. The minimum atomic E-state index is -1.71. The second kappa shape index (κ2) is 35.9. The predicted octanol–water partition coefficient (Wildman–Crippen LogP) is -2.46. The molecule has 0 aliphatic heterocycles. The number of carbonyl (C=O) groups excluding carboxylic acids is 11. The number of hydrogen-bond donors (Lipinski definition) is 17. The van der Waals surface area contributed by atoms with Gasteiger partial charge in [-0.15, -0.1) is 0 Å². The summed E-state index contributed by atoms with van der Waals surface area (Å²) in [5.74, 6) is -12.8. The van der Waals surface area contributed by atoms with Crippen LogP contribution < -0.4 is 64.6 Å². The number of rotatable bonds is 36. The minimum absolute atomic E-state index is 0.0208. The number of H-pyrrole nitrogens is 1. The Kier molecular flexibility index (Phi) is 31.3. The number of primary amides is 1. The first kappa shape index (κ1) is 72.2. The molecule has 27 nitrogen and oxygen atoms in total. The summed E-state index contributed by atoms with van der Waals surface area (Å²) >= 11 is 12.6. The van der Waals surface area contributed by atoms with E-state index in [1.807, 2.05) is 0 Å². The van der Waals surface area contributed by atoms with Crippen LogP contribution in [0, 0.1) is 23.7 Å². The van der Waals surface area contributed by atoms with E-state index < -0.39 is 150 Å². The van der Waals surface area contributed by atoms with E-state index in [1.165, 1.54) is 19.4 Å². The molecule has 30 heteroatoms. The van der Waals surface area contributed by atoms with Crippen LogP contribution in [0.2, 0.25) is 0 Å². The van der Waals surface area contributed by atoms with Gasteiger partial charge in [0.2, 0.25) is 65.0 Å². The van der Waals surface area contributed by atoms with Gasteiger partial charge in [-0.05, 0) is 49.0 Å². The van der Waals surface area contributed by atoms with Crippen molar-refractivity contribution in [2.45, 2.75) is 161 Å². The first-order valence-electron chi connectivity index (χ1n) is 27.1. The molecule has 0 aliphatic carbocycles. The normalized spacial score (nSPS) is 15.3. The molecule has 16 N–H and O–H groups in total. The topological polar surface area (TPSA) is 426 Å². The lowest BCUT2D eigenvalue weighted by Crippen LogP contribution is -2.61. The van der Waals surface area contributed by atoms with Gasteiger partial charge in [0, 0.05) is 42.0 Å². The third kappa shape index (κ3) is 25.2. The van der Waals surface area contributed by atoms with Crippen LogP contribution in [0.5, 0.6) is 0 Å². The third-order valence-corrected chi connectivity index (χ3v) is 13.8. The molecule has 0 bridgehead atoms. The summed E-state index contributed by atoms with van der Waals surface area (Å²) in [6.45, 7) is 14.9. The van der Waals surface area contributed by atoms with Gasteiger partial charge in [-0.1, -0.05) is 85.7 Å². The first-order valence-corrected chi connectivity index (χ1v) is 29.0. The lowest BCUT2D eigenvalue weighted by atomic mass is 10.00. The van der Waals surface area contributed by atoms with Gasteiger partial charge in [0.05, 0.1) is 18.8 Å². The van der Waals surface area contributed by atoms with Crippen LogP contribution in [0.15, 0.2) is 42.9 Å². The highest BCUT2D eigenvalue weighted by Crippen LogP contribution is 2.13. The summed E-state index contributed by atoms with van der Waals surface area (Å²) in [5.41, 5.74) is 12.4. The van der Waals surface area contributed by atoms with Crippen molar-refractivity contribution in [2.75, 3.05) is 17.3 Å². The Morgan fingerprint density at radius 3 is 1.29 bits per heavy atom. The smallest absolute Gasteiger partial charge is 0.326 e. The van der Waals surface area contributed by atoms with Crippen molar-refractivity contribution < 1.29 is 62.6 Å². The van der Waals surface area contributed by atoms with Gasteiger partial charge in [-0.2, -0.15) is 37.9 Å². The molecule has 1 heterocycles.